The molecule has 132 valence electrons. The van der Waals surface area contributed by atoms with Gasteiger partial charge in [0, 0.05) is 13.1 Å². The number of likely N-dealkylation sites (N-methyl/N-ethyl adjacent to an activating group) is 1. The maximum absolute atomic E-state index is 11.4. The Morgan fingerprint density at radius 3 is 1.78 bits per heavy atom. The molecular formula is C13H25N5O5. The maximum Gasteiger partial charge on any atom is 0.407 e. The van der Waals surface area contributed by atoms with Crippen LogP contribution in [-0.2, 0) is 19.1 Å². The van der Waals surface area contributed by atoms with E-state index in [0.29, 0.717) is 0 Å². The van der Waals surface area contributed by atoms with Crippen molar-refractivity contribution < 1.29 is 23.9 Å². The number of amides is 4. The van der Waals surface area contributed by atoms with Gasteiger partial charge in [0.1, 0.15) is 0 Å². The number of hydrogen-bond donors (Lipinski definition) is 5. The minimum atomic E-state index is -0.556. The Balaban J connectivity index is 3.65. The van der Waals surface area contributed by atoms with Crippen molar-refractivity contribution in [1.82, 2.24) is 26.6 Å². The molecule has 0 atom stereocenters. The number of carbonyl (C=O) groups is 4. The van der Waals surface area contributed by atoms with E-state index in [9.17, 15) is 19.2 Å². The van der Waals surface area contributed by atoms with E-state index in [0.717, 1.165) is 0 Å². The second kappa shape index (κ2) is 12.2. The second-order valence-electron chi connectivity index (χ2n) is 4.81. The maximum atomic E-state index is 11.4. The van der Waals surface area contributed by atoms with E-state index < -0.39 is 17.9 Å². The van der Waals surface area contributed by atoms with E-state index in [4.69, 9.17) is 4.74 Å². The molecule has 0 radical (unpaired) electrons. The van der Waals surface area contributed by atoms with Crippen LogP contribution in [0.3, 0.4) is 0 Å². The Morgan fingerprint density at radius 2 is 1.26 bits per heavy atom. The van der Waals surface area contributed by atoms with Gasteiger partial charge in [0.25, 0.3) is 0 Å². The zero-order chi connectivity index (χ0) is 17.7. The van der Waals surface area contributed by atoms with Crippen LogP contribution in [0.15, 0.2) is 0 Å². The normalized spacial score (nSPS) is 9.91. The number of alkyl carbamates (subject to hydrolysis) is 1. The molecule has 0 aliphatic rings. The Kier molecular flexibility index (Phi) is 11.0. The van der Waals surface area contributed by atoms with Gasteiger partial charge in [-0.15, -0.1) is 0 Å². The first kappa shape index (κ1) is 20.6. The number of carbonyl (C=O) groups excluding carboxylic acids is 4. The molecule has 0 spiro atoms. The van der Waals surface area contributed by atoms with Gasteiger partial charge in [0.05, 0.1) is 25.7 Å². The highest BCUT2D eigenvalue weighted by molar-refractivity contribution is 5.88. The van der Waals surface area contributed by atoms with Gasteiger partial charge in [-0.25, -0.2) is 4.79 Å². The van der Waals surface area contributed by atoms with Gasteiger partial charge in [-0.2, -0.15) is 0 Å². The largest absolute Gasteiger partial charge is 0.447 e. The van der Waals surface area contributed by atoms with Crippen LogP contribution in [-0.4, -0.2) is 69.7 Å². The summed E-state index contributed by atoms with van der Waals surface area (Å²) in [5.41, 5.74) is 0. The van der Waals surface area contributed by atoms with Gasteiger partial charge in [0.15, 0.2) is 0 Å². The average Bonchev–Trinajstić information content (AvgIpc) is 2.47. The summed E-state index contributed by atoms with van der Waals surface area (Å²) in [5, 5.41) is 12.4. The van der Waals surface area contributed by atoms with Crippen molar-refractivity contribution in [2.24, 2.45) is 0 Å². The molecular weight excluding hydrogens is 306 g/mol. The molecule has 5 N–H and O–H groups in total. The summed E-state index contributed by atoms with van der Waals surface area (Å²) in [6, 6.07) is 0. The van der Waals surface area contributed by atoms with Crippen LogP contribution in [0.25, 0.3) is 0 Å². The minimum absolute atomic E-state index is 0.111. The molecule has 23 heavy (non-hydrogen) atoms. The van der Waals surface area contributed by atoms with E-state index in [1.165, 1.54) is 0 Å². The highest BCUT2D eigenvalue weighted by atomic mass is 16.6. The van der Waals surface area contributed by atoms with Crippen molar-refractivity contribution in [2.45, 2.75) is 20.0 Å². The van der Waals surface area contributed by atoms with Crippen LogP contribution in [0.4, 0.5) is 4.79 Å². The van der Waals surface area contributed by atoms with Crippen LogP contribution < -0.4 is 26.6 Å². The van der Waals surface area contributed by atoms with Crippen molar-refractivity contribution in [3.05, 3.63) is 0 Å². The monoisotopic (exact) mass is 331 g/mol. The molecule has 0 saturated carbocycles. The third-order valence-electron chi connectivity index (χ3n) is 2.29. The lowest BCUT2D eigenvalue weighted by molar-refractivity contribution is -0.127. The third-order valence-corrected chi connectivity index (χ3v) is 2.29. The molecule has 0 aromatic heterocycles. The Morgan fingerprint density at radius 1 is 0.783 bits per heavy atom. The smallest absolute Gasteiger partial charge is 0.407 e. The summed E-state index contributed by atoms with van der Waals surface area (Å²) in [5.74, 6) is -1.19. The number of rotatable bonds is 10. The molecule has 10 nitrogen and oxygen atoms in total. The first-order valence-electron chi connectivity index (χ1n) is 7.24. The van der Waals surface area contributed by atoms with E-state index in [2.05, 4.69) is 26.6 Å². The number of nitrogens with one attached hydrogen (secondary N) is 5. The molecule has 0 unspecified atom stereocenters. The van der Waals surface area contributed by atoms with Crippen LogP contribution in [0.5, 0.6) is 0 Å². The number of ether oxygens (including phenoxy) is 1. The topological polar surface area (TPSA) is 138 Å². The average molecular weight is 331 g/mol. The van der Waals surface area contributed by atoms with Crippen molar-refractivity contribution in [1.29, 1.82) is 0 Å². The van der Waals surface area contributed by atoms with Crippen molar-refractivity contribution >= 4 is 23.8 Å². The molecule has 0 heterocycles. The van der Waals surface area contributed by atoms with Crippen molar-refractivity contribution in [3.8, 4) is 0 Å². The summed E-state index contributed by atoms with van der Waals surface area (Å²) in [6.07, 6.45) is -0.770. The molecule has 0 aliphatic heterocycles. The Labute approximate surface area is 135 Å². The molecule has 0 saturated heterocycles. The fourth-order valence-electron chi connectivity index (χ4n) is 1.33. The van der Waals surface area contributed by atoms with E-state index >= 15 is 0 Å². The standard InChI is InChI=1S/C13H25N5O5/c1-9(2)23-13(22)16-5-4-15-11(20)7-18-12(21)8-17-10(19)6-14-3/h9,14H,4-8H2,1-3H3,(H,15,20)(H,16,22)(H,17,19)(H,18,21). The lowest BCUT2D eigenvalue weighted by Crippen LogP contribution is -2.44. The molecule has 4 amide bonds. The molecule has 0 aromatic carbocycles. The molecule has 0 fully saturated rings. The first-order valence-corrected chi connectivity index (χ1v) is 7.24. The summed E-state index contributed by atoms with van der Waals surface area (Å²) in [6.45, 7) is 3.58. The lowest BCUT2D eigenvalue weighted by Gasteiger charge is -2.10. The zero-order valence-corrected chi connectivity index (χ0v) is 13.7. The van der Waals surface area contributed by atoms with E-state index in [-0.39, 0.29) is 44.7 Å². The molecule has 0 rings (SSSR count). The Hall–Kier alpha value is -2.36. The second-order valence-corrected chi connectivity index (χ2v) is 4.81. The summed E-state index contributed by atoms with van der Waals surface area (Å²) in [7, 11) is 1.61. The van der Waals surface area contributed by atoms with E-state index in [1.54, 1.807) is 20.9 Å². The molecule has 0 aliphatic carbocycles. The van der Waals surface area contributed by atoms with Crippen LogP contribution >= 0.6 is 0 Å². The highest BCUT2D eigenvalue weighted by Crippen LogP contribution is 1.86. The lowest BCUT2D eigenvalue weighted by atomic mass is 10.4. The number of hydrogen-bond acceptors (Lipinski definition) is 6. The van der Waals surface area contributed by atoms with Gasteiger partial charge in [0.2, 0.25) is 17.7 Å². The first-order chi connectivity index (χ1) is 10.8. The molecule has 0 bridgehead atoms. The van der Waals surface area contributed by atoms with Crippen molar-refractivity contribution in [2.75, 3.05) is 39.8 Å². The fourth-order valence-corrected chi connectivity index (χ4v) is 1.33. The predicted molar refractivity (Wildman–Crippen MR) is 82.6 cm³/mol. The quantitative estimate of drug-likeness (QED) is 0.285. The highest BCUT2D eigenvalue weighted by Gasteiger charge is 2.07. The van der Waals surface area contributed by atoms with Gasteiger partial charge in [-0.05, 0) is 20.9 Å². The van der Waals surface area contributed by atoms with Crippen LogP contribution in [0.2, 0.25) is 0 Å². The van der Waals surface area contributed by atoms with Gasteiger partial charge < -0.3 is 31.3 Å². The van der Waals surface area contributed by atoms with Crippen LogP contribution in [0, 0.1) is 0 Å². The molecule has 0 aromatic rings. The van der Waals surface area contributed by atoms with Gasteiger partial charge in [-0.3, -0.25) is 14.4 Å². The molecule has 10 heteroatoms. The summed E-state index contributed by atoms with van der Waals surface area (Å²) >= 11 is 0. The van der Waals surface area contributed by atoms with E-state index in [1.807, 2.05) is 0 Å². The third kappa shape index (κ3) is 13.1. The zero-order valence-electron chi connectivity index (χ0n) is 13.7. The van der Waals surface area contributed by atoms with Crippen LogP contribution in [0.1, 0.15) is 13.8 Å². The minimum Gasteiger partial charge on any atom is -0.447 e. The van der Waals surface area contributed by atoms with Gasteiger partial charge in [-0.1, -0.05) is 0 Å². The van der Waals surface area contributed by atoms with Crippen molar-refractivity contribution in [3.63, 3.8) is 0 Å². The van der Waals surface area contributed by atoms with Gasteiger partial charge >= 0.3 is 6.09 Å². The SMILES string of the molecule is CNCC(=O)NCC(=O)NCC(=O)NCCNC(=O)OC(C)C. The predicted octanol–water partition coefficient (Wildman–Crippen LogP) is -2.31. The summed E-state index contributed by atoms with van der Waals surface area (Å²) in [4.78, 5) is 45.1. The fraction of sp³-hybridized carbons (Fsp3) is 0.692. The Bertz CT molecular complexity index is 414. The summed E-state index contributed by atoms with van der Waals surface area (Å²) < 4.78 is 4.84.